The van der Waals surface area contributed by atoms with Gasteiger partial charge in [0, 0.05) is 30.1 Å². The van der Waals surface area contributed by atoms with E-state index < -0.39 is 129 Å². The fourth-order valence-electron chi connectivity index (χ4n) is 13.3. The molecule has 20 heteroatoms. The molecule has 12 N–H and O–H groups in total. The Balaban J connectivity index is 0.869. The minimum atomic E-state index is -1.78. The molecule has 0 bridgehead atoms. The Kier molecular flexibility index (Phi) is 14.7. The number of ketones is 1. The van der Waals surface area contributed by atoms with Crippen LogP contribution in [0.5, 0.6) is 0 Å². The highest BCUT2D eigenvalue weighted by molar-refractivity contribution is 5.87. The number of hydrogen-bond donors (Lipinski definition) is 12. The van der Waals surface area contributed by atoms with E-state index in [2.05, 4.69) is 19.9 Å². The van der Waals surface area contributed by atoms with Gasteiger partial charge < -0.3 is 94.4 Å². The predicted molar refractivity (Wildman–Crippen MR) is 219 cm³/mol. The molecule has 0 aromatic carbocycles. The lowest BCUT2D eigenvalue weighted by atomic mass is 9.46. The number of fused-ring (bicyclic) bond motifs is 7. The molecule has 4 heterocycles. The number of allylic oxidation sites excluding steroid dienone is 1. The maximum atomic E-state index is 14.6. The highest BCUT2D eigenvalue weighted by Gasteiger charge is 2.71. The Morgan fingerprint density at radius 1 is 0.754 bits per heavy atom. The number of aliphatic hydroxyl groups excluding tert-OH is 11. The normalized spacial score (nSPS) is 53.7. The Morgan fingerprint density at radius 3 is 1.98 bits per heavy atom. The molecule has 0 radical (unpaired) electrons. The molecule has 0 amide bonds. The van der Waals surface area contributed by atoms with E-state index >= 15 is 0 Å². The van der Waals surface area contributed by atoms with Crippen LogP contribution < -0.4 is 0 Å². The minimum Gasteiger partial charge on any atom is -0.394 e. The molecule has 0 aromatic rings. The molecule has 4 aliphatic carbocycles. The topological polar surface area (TPSA) is 324 Å². The van der Waals surface area contributed by atoms with Crippen LogP contribution in [0.2, 0.25) is 0 Å². The maximum absolute atomic E-state index is 14.6. The zero-order valence-corrected chi connectivity index (χ0v) is 37.5. The molecular weight excluding hydrogens is 860 g/mol. The van der Waals surface area contributed by atoms with Crippen molar-refractivity contribution in [3.8, 4) is 0 Å². The molecule has 4 saturated heterocycles. The molecule has 372 valence electrons. The number of carbonyl (C=O) groups is 1. The molecule has 3 saturated carbocycles. The lowest BCUT2D eigenvalue weighted by Crippen LogP contribution is -2.65. The Bertz CT molecular complexity index is 1700. The molecule has 8 rings (SSSR count). The van der Waals surface area contributed by atoms with Gasteiger partial charge in [0.05, 0.1) is 38.6 Å². The molecule has 0 spiro atoms. The highest BCUT2D eigenvalue weighted by atomic mass is 16.7. The summed E-state index contributed by atoms with van der Waals surface area (Å²) in [5.74, 6) is -1.61. The summed E-state index contributed by atoms with van der Waals surface area (Å²) >= 11 is 0. The number of Topliss-reactive ketones (excluding diaryl/α,β-unsaturated/α-hetero) is 1. The third-order valence-electron chi connectivity index (χ3n) is 17.3. The zero-order valence-electron chi connectivity index (χ0n) is 37.5. The van der Waals surface area contributed by atoms with E-state index in [-0.39, 0.29) is 65.8 Å². The third-order valence-corrected chi connectivity index (χ3v) is 17.3. The monoisotopic (exact) mass is 932 g/mol. The van der Waals surface area contributed by atoms with E-state index in [0.29, 0.717) is 38.5 Å². The first-order chi connectivity index (χ1) is 30.7. The lowest BCUT2D eigenvalue weighted by Gasteiger charge is -2.57. The number of aliphatic hydroxyl groups is 12. The largest absolute Gasteiger partial charge is 0.394 e. The van der Waals surface area contributed by atoms with Gasteiger partial charge in [0.15, 0.2) is 24.7 Å². The van der Waals surface area contributed by atoms with Crippen LogP contribution in [0, 0.1) is 46.3 Å². The van der Waals surface area contributed by atoms with Crippen molar-refractivity contribution in [3.63, 3.8) is 0 Å². The molecule has 4 aliphatic heterocycles. The van der Waals surface area contributed by atoms with Crippen molar-refractivity contribution in [1.29, 1.82) is 0 Å². The summed E-state index contributed by atoms with van der Waals surface area (Å²) in [5, 5.41) is 125. The molecule has 20 nitrogen and oxygen atoms in total. The smallest absolute Gasteiger partial charge is 0.187 e. The van der Waals surface area contributed by atoms with E-state index in [0.717, 1.165) is 12.0 Å². The first kappa shape index (κ1) is 50.1. The molecule has 26 atom stereocenters. The van der Waals surface area contributed by atoms with Crippen molar-refractivity contribution in [2.24, 2.45) is 46.3 Å². The van der Waals surface area contributed by atoms with Gasteiger partial charge in [-0.3, -0.25) is 4.79 Å². The Morgan fingerprint density at radius 2 is 1.34 bits per heavy atom. The van der Waals surface area contributed by atoms with Crippen LogP contribution in [0.4, 0.5) is 0 Å². The van der Waals surface area contributed by atoms with Gasteiger partial charge in [0.2, 0.25) is 0 Å². The summed E-state index contributed by atoms with van der Waals surface area (Å²) < 4.78 is 41.1. The summed E-state index contributed by atoms with van der Waals surface area (Å²) in [4.78, 5) is 14.6. The van der Waals surface area contributed by atoms with Crippen LogP contribution in [0.3, 0.4) is 0 Å². The summed E-state index contributed by atoms with van der Waals surface area (Å²) in [5.41, 5.74) is 0.155. The van der Waals surface area contributed by atoms with Crippen LogP contribution in [0.25, 0.3) is 0 Å². The van der Waals surface area contributed by atoms with E-state index in [1.807, 2.05) is 13.8 Å². The summed E-state index contributed by atoms with van der Waals surface area (Å²) in [7, 11) is 0. The highest BCUT2D eigenvalue weighted by Crippen LogP contribution is 2.69. The van der Waals surface area contributed by atoms with Crippen molar-refractivity contribution in [2.45, 2.75) is 189 Å². The molecular formula is C45H72O20. The molecule has 8 aliphatic rings. The maximum Gasteiger partial charge on any atom is 0.187 e. The fraction of sp³-hybridized carbons (Fsp3) is 0.933. The van der Waals surface area contributed by atoms with E-state index in [1.54, 1.807) is 0 Å². The second-order valence-electron chi connectivity index (χ2n) is 20.9. The predicted octanol–water partition coefficient (Wildman–Crippen LogP) is -2.68. The molecule has 0 unspecified atom stereocenters. The molecule has 0 aromatic heterocycles. The van der Waals surface area contributed by atoms with Gasteiger partial charge in [-0.2, -0.15) is 0 Å². The van der Waals surface area contributed by atoms with Crippen LogP contribution in [0.15, 0.2) is 11.6 Å². The SMILES string of the molecule is C[C@H](CC[C@]1(O)O[C@H]2C[C@@H]3[C@@H]4CC=C5C[C@@H](O[C@@H]6O[C@H](CO)[C@H](O[C@@H]7O[C@H](CO)[C@@H](O)[C@H](O)[C@H]7O)[C@H](O)[C@H]6O)CC[C@]5(C)[C@@H]4CC(=O)[C@]3(C)[C@H]2[C@@H]1C)CO[C@@H]1O[C@H](CO)[C@@H](O)[C@H](O)[C@H]1O. The van der Waals surface area contributed by atoms with Crippen molar-refractivity contribution in [2.75, 3.05) is 26.4 Å². The van der Waals surface area contributed by atoms with Gasteiger partial charge in [-0.05, 0) is 67.6 Å². The Labute approximate surface area is 378 Å². The van der Waals surface area contributed by atoms with Crippen LogP contribution in [-0.4, -0.2) is 204 Å². The fourth-order valence-corrected chi connectivity index (χ4v) is 13.3. The van der Waals surface area contributed by atoms with Gasteiger partial charge in [-0.15, -0.1) is 0 Å². The van der Waals surface area contributed by atoms with Crippen molar-refractivity contribution in [3.05, 3.63) is 11.6 Å². The number of rotatable bonds is 13. The third kappa shape index (κ3) is 8.60. The van der Waals surface area contributed by atoms with E-state index in [9.17, 15) is 66.1 Å². The van der Waals surface area contributed by atoms with Gasteiger partial charge in [-0.25, -0.2) is 0 Å². The summed E-state index contributed by atoms with van der Waals surface area (Å²) in [6, 6.07) is 0. The summed E-state index contributed by atoms with van der Waals surface area (Å²) in [6.07, 6.45) is -16.5. The Hall–Kier alpha value is -1.35. The van der Waals surface area contributed by atoms with Crippen molar-refractivity contribution >= 4 is 5.78 Å². The average molecular weight is 933 g/mol. The first-order valence-corrected chi connectivity index (χ1v) is 23.5. The van der Waals surface area contributed by atoms with Gasteiger partial charge in [0.1, 0.15) is 79.0 Å². The summed E-state index contributed by atoms with van der Waals surface area (Å²) in [6.45, 7) is 6.34. The molecule has 65 heavy (non-hydrogen) atoms. The molecule has 7 fully saturated rings. The van der Waals surface area contributed by atoms with E-state index in [4.69, 9.17) is 33.2 Å². The number of carbonyl (C=O) groups excluding carboxylic acids is 1. The second-order valence-corrected chi connectivity index (χ2v) is 20.9. The van der Waals surface area contributed by atoms with Crippen molar-refractivity contribution < 1.29 is 99.2 Å². The van der Waals surface area contributed by atoms with Crippen molar-refractivity contribution in [1.82, 2.24) is 0 Å². The lowest BCUT2D eigenvalue weighted by molar-refractivity contribution is -0.363. The van der Waals surface area contributed by atoms with Gasteiger partial charge >= 0.3 is 0 Å². The average Bonchev–Trinajstić information content (AvgIpc) is 3.73. The first-order valence-electron chi connectivity index (χ1n) is 23.5. The minimum absolute atomic E-state index is 0.0473. The zero-order chi connectivity index (χ0) is 47.1. The quantitative estimate of drug-likeness (QED) is 0.0838. The van der Waals surface area contributed by atoms with E-state index in [1.165, 1.54) is 0 Å². The number of ether oxygens (including phenoxy) is 7. The standard InChI is InChI=1S/C45H72O20/c1-18(17-59-40-36(55)33(52)31(50)26(14-46)61-40)7-10-45(58)19(2)30-25(65-45)12-24-22-6-5-20-11-21(8-9-43(20,3)23(22)13-29(49)44(24,30)4)60-41-38(57)35(54)39(28(16-48)63-41)64-42-37(56)34(53)32(51)27(15-47)62-42/h5,18-19,21-28,30-42,46-48,50-58H,6-17H2,1-4H3/t18-,19+,21+,22-,23-,24-,25+,26-,27-,28-,30+,31-,32-,33+,34+,35-,36-,37-,38-,39+,40-,41-,42+,43+,44-,45+/m1/s1. The number of hydrogen-bond acceptors (Lipinski definition) is 20. The van der Waals surface area contributed by atoms with Crippen LogP contribution >= 0.6 is 0 Å². The van der Waals surface area contributed by atoms with Crippen LogP contribution in [-0.2, 0) is 38.0 Å². The van der Waals surface area contributed by atoms with Gasteiger partial charge in [0.25, 0.3) is 0 Å². The second kappa shape index (κ2) is 19.1. The van der Waals surface area contributed by atoms with Crippen LogP contribution in [0.1, 0.15) is 79.1 Å². The van der Waals surface area contributed by atoms with Gasteiger partial charge in [-0.1, -0.05) is 39.3 Å².